The fraction of sp³-hybridized carbons (Fsp3) is 0.550. The van der Waals surface area contributed by atoms with E-state index in [1.807, 2.05) is 0 Å². The molecule has 0 radical (unpaired) electrons. The lowest BCUT2D eigenvalue weighted by molar-refractivity contribution is -0.141. The van der Waals surface area contributed by atoms with Crippen LogP contribution in [0.15, 0.2) is 24.5 Å². The highest BCUT2D eigenvalue weighted by Crippen LogP contribution is 2.32. The van der Waals surface area contributed by atoms with Gasteiger partial charge in [0.2, 0.25) is 11.8 Å². The van der Waals surface area contributed by atoms with Crippen molar-refractivity contribution >= 4 is 23.4 Å². The molecule has 9 nitrogen and oxygen atoms in total. The lowest BCUT2D eigenvalue weighted by atomic mass is 9.84. The molecule has 2 atom stereocenters. The van der Waals surface area contributed by atoms with Crippen molar-refractivity contribution in [2.45, 2.75) is 51.7 Å². The Balaban J connectivity index is 1.45. The van der Waals surface area contributed by atoms with Gasteiger partial charge in [0, 0.05) is 18.1 Å². The van der Waals surface area contributed by atoms with E-state index >= 15 is 0 Å². The molecule has 1 aromatic heterocycles. The van der Waals surface area contributed by atoms with Gasteiger partial charge in [-0.3, -0.25) is 9.59 Å². The third-order valence-electron chi connectivity index (χ3n) is 6.08. The van der Waals surface area contributed by atoms with E-state index in [2.05, 4.69) is 40.0 Å². The van der Waals surface area contributed by atoms with Gasteiger partial charge < -0.3 is 15.5 Å². The van der Waals surface area contributed by atoms with Crippen LogP contribution >= 0.6 is 11.6 Å². The minimum atomic E-state index is -0.452. The predicted octanol–water partition coefficient (Wildman–Crippen LogP) is 1.31. The number of aromatic nitrogens is 4. The molecule has 3 heterocycles. The van der Waals surface area contributed by atoms with Gasteiger partial charge in [-0.15, -0.1) is 5.10 Å². The van der Waals surface area contributed by atoms with Crippen molar-refractivity contribution in [2.24, 2.45) is 5.41 Å². The highest BCUT2D eigenvalue weighted by Gasteiger charge is 2.44. The summed E-state index contributed by atoms with van der Waals surface area (Å²) >= 11 is 6.15. The van der Waals surface area contributed by atoms with Crippen molar-refractivity contribution in [3.8, 4) is 5.69 Å². The molecule has 0 spiro atoms. The molecule has 1 aromatic carbocycles. The summed E-state index contributed by atoms with van der Waals surface area (Å²) in [5.74, 6) is -0.133. The molecule has 30 heavy (non-hydrogen) atoms. The number of nitrogens with one attached hydrogen (secondary N) is 2. The molecule has 2 aromatic rings. The van der Waals surface area contributed by atoms with E-state index < -0.39 is 6.04 Å². The van der Waals surface area contributed by atoms with E-state index in [9.17, 15) is 9.59 Å². The Kier molecular flexibility index (Phi) is 5.75. The fourth-order valence-corrected chi connectivity index (χ4v) is 4.54. The maximum Gasteiger partial charge on any atom is 0.243 e. The summed E-state index contributed by atoms with van der Waals surface area (Å²) in [6, 6.07) is 4.63. The maximum absolute atomic E-state index is 13.1. The van der Waals surface area contributed by atoms with E-state index in [1.165, 1.54) is 11.0 Å². The van der Waals surface area contributed by atoms with Crippen molar-refractivity contribution in [1.82, 2.24) is 35.7 Å². The van der Waals surface area contributed by atoms with Crippen molar-refractivity contribution < 1.29 is 9.59 Å². The molecule has 160 valence electrons. The zero-order valence-corrected chi connectivity index (χ0v) is 17.9. The monoisotopic (exact) mass is 431 g/mol. The molecule has 4 rings (SSSR count). The van der Waals surface area contributed by atoms with Crippen molar-refractivity contribution in [2.75, 3.05) is 13.1 Å². The van der Waals surface area contributed by atoms with Crippen molar-refractivity contribution in [1.29, 1.82) is 0 Å². The van der Waals surface area contributed by atoms with Gasteiger partial charge in [-0.1, -0.05) is 25.4 Å². The summed E-state index contributed by atoms with van der Waals surface area (Å²) in [6.07, 6.45) is 3.93. The standard InChI is InChI=1S/C20H26ClN7O2/c1-20(2)7-8-22-17(20)19(30)27-9-3-4-16(27)18(29)23-11-13-10-14(21)5-6-15(13)28-12-24-25-26-28/h5-6,10,12,16-17,22H,3-4,7-9,11H2,1-2H3,(H,23,29)/t16-,17+/m0/s1. The number of tetrazole rings is 1. The molecule has 2 aliphatic heterocycles. The number of carbonyl (C=O) groups excluding carboxylic acids is 2. The Hall–Kier alpha value is -2.52. The van der Waals surface area contributed by atoms with E-state index in [0.717, 1.165) is 30.6 Å². The molecule has 2 amide bonds. The fourth-order valence-electron chi connectivity index (χ4n) is 4.34. The molecule has 0 unspecified atom stereocenters. The molecule has 2 fully saturated rings. The van der Waals surface area contributed by atoms with E-state index in [0.29, 0.717) is 18.0 Å². The van der Waals surface area contributed by atoms with Crippen molar-refractivity contribution in [3.05, 3.63) is 35.1 Å². The van der Waals surface area contributed by atoms with E-state index in [1.54, 1.807) is 23.1 Å². The van der Waals surface area contributed by atoms with E-state index in [4.69, 9.17) is 11.6 Å². The second-order valence-corrected chi connectivity index (χ2v) is 9.00. The highest BCUT2D eigenvalue weighted by atomic mass is 35.5. The zero-order chi connectivity index (χ0) is 21.3. The second-order valence-electron chi connectivity index (χ2n) is 8.56. The van der Waals surface area contributed by atoms with Crippen LogP contribution in [0.1, 0.15) is 38.7 Å². The Bertz CT molecular complexity index is 931. The first-order chi connectivity index (χ1) is 14.4. The second kappa shape index (κ2) is 8.31. The minimum absolute atomic E-state index is 0.0206. The van der Waals surface area contributed by atoms with Gasteiger partial charge in [0.05, 0.1) is 11.7 Å². The topological polar surface area (TPSA) is 105 Å². The van der Waals surface area contributed by atoms with Gasteiger partial charge in [-0.25, -0.2) is 4.68 Å². The number of rotatable bonds is 5. The van der Waals surface area contributed by atoms with Gasteiger partial charge in [-0.05, 0) is 65.4 Å². The van der Waals surface area contributed by atoms with Crippen LogP contribution in [0.3, 0.4) is 0 Å². The summed E-state index contributed by atoms with van der Waals surface area (Å²) < 4.78 is 1.52. The normalized spacial score (nSPS) is 23.0. The number of carbonyl (C=O) groups is 2. The van der Waals surface area contributed by atoms with Crippen LogP contribution in [0.25, 0.3) is 5.69 Å². The molecule has 0 aliphatic carbocycles. The average molecular weight is 432 g/mol. The van der Waals surface area contributed by atoms with Gasteiger partial charge in [-0.2, -0.15) is 0 Å². The Morgan fingerprint density at radius 1 is 1.37 bits per heavy atom. The van der Waals surface area contributed by atoms with Gasteiger partial charge in [0.1, 0.15) is 12.4 Å². The summed E-state index contributed by atoms with van der Waals surface area (Å²) in [5.41, 5.74) is 1.42. The maximum atomic E-state index is 13.1. The molecule has 10 heteroatoms. The largest absolute Gasteiger partial charge is 0.350 e. The van der Waals surface area contributed by atoms with Crippen LogP contribution in [-0.4, -0.2) is 62.1 Å². The Labute approximate surface area is 180 Å². The number of halogens is 1. The van der Waals surface area contributed by atoms with Crippen LogP contribution in [0.2, 0.25) is 5.02 Å². The molecule has 2 N–H and O–H groups in total. The number of benzene rings is 1. The SMILES string of the molecule is CC1(C)CCN[C@@H]1C(=O)N1CCC[C@H]1C(=O)NCc1cc(Cl)ccc1-n1cnnn1. The minimum Gasteiger partial charge on any atom is -0.350 e. The summed E-state index contributed by atoms with van der Waals surface area (Å²) in [4.78, 5) is 27.9. The summed E-state index contributed by atoms with van der Waals surface area (Å²) in [5, 5.41) is 18.1. The average Bonchev–Trinajstić information content (AvgIpc) is 3.46. The molecule has 2 aliphatic rings. The first kappa shape index (κ1) is 20.7. The van der Waals surface area contributed by atoms with Crippen LogP contribution in [-0.2, 0) is 16.1 Å². The van der Waals surface area contributed by atoms with E-state index in [-0.39, 0.29) is 29.8 Å². The quantitative estimate of drug-likeness (QED) is 0.739. The van der Waals surface area contributed by atoms with Crippen LogP contribution in [0.5, 0.6) is 0 Å². The Morgan fingerprint density at radius 2 is 2.20 bits per heavy atom. The first-order valence-corrected chi connectivity index (χ1v) is 10.6. The van der Waals surface area contributed by atoms with Crippen LogP contribution in [0.4, 0.5) is 0 Å². The van der Waals surface area contributed by atoms with Crippen molar-refractivity contribution in [3.63, 3.8) is 0 Å². The number of amides is 2. The smallest absolute Gasteiger partial charge is 0.243 e. The van der Waals surface area contributed by atoms with Gasteiger partial charge in [0.15, 0.2) is 0 Å². The number of hydrogen-bond donors (Lipinski definition) is 2. The first-order valence-electron chi connectivity index (χ1n) is 10.2. The summed E-state index contributed by atoms with van der Waals surface area (Å²) in [7, 11) is 0. The summed E-state index contributed by atoms with van der Waals surface area (Å²) in [6.45, 7) is 5.89. The molecule has 2 saturated heterocycles. The van der Waals surface area contributed by atoms with Crippen LogP contribution in [0, 0.1) is 5.41 Å². The lowest BCUT2D eigenvalue weighted by Gasteiger charge is -2.32. The molecular formula is C20H26ClN7O2. The number of nitrogens with zero attached hydrogens (tertiary/aromatic N) is 5. The molecule has 0 saturated carbocycles. The third kappa shape index (κ3) is 4.04. The zero-order valence-electron chi connectivity index (χ0n) is 17.1. The lowest BCUT2D eigenvalue weighted by Crippen LogP contribution is -2.54. The molecular weight excluding hydrogens is 406 g/mol. The number of likely N-dealkylation sites (tertiary alicyclic amines) is 1. The highest BCUT2D eigenvalue weighted by molar-refractivity contribution is 6.30. The Morgan fingerprint density at radius 3 is 2.90 bits per heavy atom. The molecule has 0 bridgehead atoms. The van der Waals surface area contributed by atoms with Crippen LogP contribution < -0.4 is 10.6 Å². The third-order valence-corrected chi connectivity index (χ3v) is 6.31. The van der Waals surface area contributed by atoms with Gasteiger partial charge >= 0.3 is 0 Å². The van der Waals surface area contributed by atoms with Gasteiger partial charge in [0.25, 0.3) is 0 Å². The predicted molar refractivity (Wildman–Crippen MR) is 111 cm³/mol. The number of hydrogen-bond acceptors (Lipinski definition) is 6.